The van der Waals surface area contributed by atoms with Crippen LogP contribution < -0.4 is 0 Å². The molecule has 0 N–H and O–H groups in total. The molecule has 0 saturated heterocycles. The van der Waals surface area contributed by atoms with Gasteiger partial charge in [0.2, 0.25) is 0 Å². The third-order valence-electron chi connectivity index (χ3n) is 2.24. The van der Waals surface area contributed by atoms with Crippen molar-refractivity contribution in [1.29, 1.82) is 0 Å². The number of carbonyl (C=O) groups is 1. The van der Waals surface area contributed by atoms with E-state index >= 15 is 0 Å². The predicted molar refractivity (Wildman–Crippen MR) is 68.2 cm³/mol. The second-order valence-electron chi connectivity index (χ2n) is 3.62. The standard InChI is InChI=1S/C13H12N2OS/c1-10-2-4-12(5-3-10)17-9-13-14-7-6-11(8-16)15-13/h2-8H,9H2,1H3. The lowest BCUT2D eigenvalue weighted by Crippen LogP contribution is -1.95. The zero-order chi connectivity index (χ0) is 12.1. The monoisotopic (exact) mass is 244 g/mol. The van der Waals surface area contributed by atoms with Crippen molar-refractivity contribution < 1.29 is 4.79 Å². The van der Waals surface area contributed by atoms with Crippen LogP contribution in [0, 0.1) is 6.92 Å². The second-order valence-corrected chi connectivity index (χ2v) is 4.67. The molecule has 0 aliphatic carbocycles. The van der Waals surface area contributed by atoms with Crippen LogP contribution in [-0.4, -0.2) is 16.3 Å². The van der Waals surface area contributed by atoms with Crippen LogP contribution >= 0.6 is 11.8 Å². The largest absolute Gasteiger partial charge is 0.296 e. The van der Waals surface area contributed by atoms with Gasteiger partial charge in [0, 0.05) is 11.1 Å². The molecule has 86 valence electrons. The SMILES string of the molecule is Cc1ccc(SCc2nccc(C=O)n2)cc1. The molecule has 0 radical (unpaired) electrons. The smallest absolute Gasteiger partial charge is 0.168 e. The van der Waals surface area contributed by atoms with Gasteiger partial charge in [0.1, 0.15) is 11.5 Å². The summed E-state index contributed by atoms with van der Waals surface area (Å²) in [5.74, 6) is 1.35. The molecule has 1 heterocycles. The molecule has 1 aromatic heterocycles. The lowest BCUT2D eigenvalue weighted by Gasteiger charge is -2.01. The Balaban J connectivity index is 2.01. The molecule has 17 heavy (non-hydrogen) atoms. The molecule has 0 aliphatic rings. The van der Waals surface area contributed by atoms with Gasteiger partial charge in [-0.15, -0.1) is 11.8 Å². The summed E-state index contributed by atoms with van der Waals surface area (Å²) >= 11 is 1.66. The van der Waals surface area contributed by atoms with Gasteiger partial charge in [-0.2, -0.15) is 0 Å². The quantitative estimate of drug-likeness (QED) is 0.612. The van der Waals surface area contributed by atoms with Gasteiger partial charge in [-0.05, 0) is 25.1 Å². The minimum atomic E-state index is 0.430. The van der Waals surface area contributed by atoms with E-state index in [4.69, 9.17) is 0 Å². The van der Waals surface area contributed by atoms with Crippen molar-refractivity contribution in [2.45, 2.75) is 17.6 Å². The number of benzene rings is 1. The topological polar surface area (TPSA) is 42.9 Å². The van der Waals surface area contributed by atoms with Crippen molar-refractivity contribution in [3.8, 4) is 0 Å². The van der Waals surface area contributed by atoms with E-state index in [1.807, 2.05) is 0 Å². The third kappa shape index (κ3) is 3.39. The minimum Gasteiger partial charge on any atom is -0.296 e. The summed E-state index contributed by atoms with van der Waals surface area (Å²) in [5, 5.41) is 0. The van der Waals surface area contributed by atoms with Gasteiger partial charge in [-0.3, -0.25) is 4.79 Å². The van der Waals surface area contributed by atoms with E-state index in [0.29, 0.717) is 17.3 Å². The lowest BCUT2D eigenvalue weighted by molar-refractivity contribution is 0.111. The first-order chi connectivity index (χ1) is 8.28. The summed E-state index contributed by atoms with van der Waals surface area (Å²) in [4.78, 5) is 20.0. The molecule has 0 aliphatic heterocycles. The van der Waals surface area contributed by atoms with Crippen molar-refractivity contribution in [2.75, 3.05) is 0 Å². The Bertz CT molecular complexity index is 511. The van der Waals surface area contributed by atoms with Gasteiger partial charge >= 0.3 is 0 Å². The van der Waals surface area contributed by atoms with Crippen LogP contribution in [0.5, 0.6) is 0 Å². The molecule has 0 amide bonds. The van der Waals surface area contributed by atoms with E-state index in [2.05, 4.69) is 41.2 Å². The highest BCUT2D eigenvalue weighted by Gasteiger charge is 2.00. The fourth-order valence-corrected chi connectivity index (χ4v) is 2.10. The van der Waals surface area contributed by atoms with Crippen molar-refractivity contribution in [3.05, 3.63) is 53.6 Å². The maximum atomic E-state index is 10.6. The number of carbonyl (C=O) groups excluding carboxylic acids is 1. The Morgan fingerprint density at radius 2 is 2.00 bits per heavy atom. The number of aromatic nitrogens is 2. The Morgan fingerprint density at radius 3 is 2.71 bits per heavy atom. The zero-order valence-corrected chi connectivity index (χ0v) is 10.3. The Morgan fingerprint density at radius 1 is 1.24 bits per heavy atom. The molecule has 0 fully saturated rings. The maximum absolute atomic E-state index is 10.6. The zero-order valence-electron chi connectivity index (χ0n) is 9.46. The van der Waals surface area contributed by atoms with Crippen LogP contribution in [0.15, 0.2) is 41.4 Å². The van der Waals surface area contributed by atoms with E-state index in [-0.39, 0.29) is 0 Å². The number of thioether (sulfide) groups is 1. The second kappa shape index (κ2) is 5.59. The average molecular weight is 244 g/mol. The van der Waals surface area contributed by atoms with E-state index in [1.165, 1.54) is 10.5 Å². The van der Waals surface area contributed by atoms with Crippen LogP contribution in [0.2, 0.25) is 0 Å². The molecule has 0 unspecified atom stereocenters. The average Bonchev–Trinajstić information content (AvgIpc) is 2.38. The molecule has 1 aromatic carbocycles. The van der Waals surface area contributed by atoms with Gasteiger partial charge in [-0.25, -0.2) is 9.97 Å². The summed E-state index contributed by atoms with van der Waals surface area (Å²) in [6.45, 7) is 2.06. The molecular weight excluding hydrogens is 232 g/mol. The number of hydrogen-bond donors (Lipinski definition) is 0. The molecule has 2 rings (SSSR count). The van der Waals surface area contributed by atoms with Gasteiger partial charge < -0.3 is 0 Å². The predicted octanol–water partition coefficient (Wildman–Crippen LogP) is 2.89. The van der Waals surface area contributed by atoms with Crippen molar-refractivity contribution in [3.63, 3.8) is 0 Å². The van der Waals surface area contributed by atoms with Crippen LogP contribution in [-0.2, 0) is 5.75 Å². The number of aldehydes is 1. The van der Waals surface area contributed by atoms with Crippen molar-refractivity contribution in [1.82, 2.24) is 9.97 Å². The first-order valence-corrected chi connectivity index (χ1v) is 6.23. The van der Waals surface area contributed by atoms with Crippen LogP contribution in [0.1, 0.15) is 21.9 Å². The normalized spacial score (nSPS) is 10.2. The van der Waals surface area contributed by atoms with Crippen molar-refractivity contribution in [2.24, 2.45) is 0 Å². The summed E-state index contributed by atoms with van der Waals surface area (Å²) in [6.07, 6.45) is 2.35. The minimum absolute atomic E-state index is 0.430. The van der Waals surface area contributed by atoms with Gasteiger partial charge in [-0.1, -0.05) is 17.7 Å². The maximum Gasteiger partial charge on any atom is 0.168 e. The lowest BCUT2D eigenvalue weighted by atomic mass is 10.2. The number of aryl methyl sites for hydroxylation is 1. The number of nitrogens with zero attached hydrogens (tertiary/aromatic N) is 2. The van der Waals surface area contributed by atoms with E-state index in [9.17, 15) is 4.79 Å². The molecule has 0 atom stereocenters. The van der Waals surface area contributed by atoms with Gasteiger partial charge in [0.25, 0.3) is 0 Å². The highest BCUT2D eigenvalue weighted by atomic mass is 32.2. The first-order valence-electron chi connectivity index (χ1n) is 5.24. The van der Waals surface area contributed by atoms with Crippen LogP contribution in [0.4, 0.5) is 0 Å². The highest BCUT2D eigenvalue weighted by Crippen LogP contribution is 2.21. The molecular formula is C13H12N2OS. The number of hydrogen-bond acceptors (Lipinski definition) is 4. The molecule has 0 spiro atoms. The van der Waals surface area contributed by atoms with Gasteiger partial charge in [0.15, 0.2) is 6.29 Å². The molecule has 0 bridgehead atoms. The van der Waals surface area contributed by atoms with E-state index in [1.54, 1.807) is 24.0 Å². The summed E-state index contributed by atoms with van der Waals surface area (Å²) in [7, 11) is 0. The number of rotatable bonds is 4. The summed E-state index contributed by atoms with van der Waals surface area (Å²) in [5.41, 5.74) is 1.67. The highest BCUT2D eigenvalue weighted by molar-refractivity contribution is 7.98. The van der Waals surface area contributed by atoms with E-state index < -0.39 is 0 Å². The summed E-state index contributed by atoms with van der Waals surface area (Å²) in [6, 6.07) is 9.90. The van der Waals surface area contributed by atoms with Gasteiger partial charge in [0.05, 0.1) is 5.75 Å². The van der Waals surface area contributed by atoms with Crippen LogP contribution in [0.3, 0.4) is 0 Å². The third-order valence-corrected chi connectivity index (χ3v) is 3.24. The fourth-order valence-electron chi connectivity index (χ4n) is 1.33. The fraction of sp³-hybridized carbons (Fsp3) is 0.154. The summed E-state index contributed by atoms with van der Waals surface area (Å²) < 4.78 is 0. The van der Waals surface area contributed by atoms with Crippen LogP contribution in [0.25, 0.3) is 0 Å². The van der Waals surface area contributed by atoms with Crippen molar-refractivity contribution >= 4 is 18.0 Å². The Hall–Kier alpha value is -1.68. The molecule has 0 saturated carbocycles. The van der Waals surface area contributed by atoms with E-state index in [0.717, 1.165) is 6.29 Å². The molecule has 3 nitrogen and oxygen atoms in total. The Labute approximate surface area is 104 Å². The Kier molecular flexibility index (Phi) is 3.88. The molecule has 4 heteroatoms. The first kappa shape index (κ1) is 11.8. The molecule has 2 aromatic rings.